The number of carbonyl (C=O) groups is 1. The Bertz CT molecular complexity index is 1370. The molecule has 0 aliphatic heterocycles. The number of nitrogens with zero attached hydrogens (tertiary/aromatic N) is 3. The van der Waals surface area contributed by atoms with Gasteiger partial charge in [-0.05, 0) is 61.9 Å². The molecule has 0 radical (unpaired) electrons. The smallest absolute Gasteiger partial charge is 0.416 e. The van der Waals surface area contributed by atoms with Gasteiger partial charge in [0.2, 0.25) is 0 Å². The van der Waals surface area contributed by atoms with Gasteiger partial charge in [-0.2, -0.15) is 13.2 Å². The zero-order valence-corrected chi connectivity index (χ0v) is 21.6. The third-order valence-corrected chi connectivity index (χ3v) is 6.96. The summed E-state index contributed by atoms with van der Waals surface area (Å²) in [6.45, 7) is 4.75. The highest BCUT2D eigenvalue weighted by Gasteiger charge is 2.30. The van der Waals surface area contributed by atoms with Gasteiger partial charge in [0.05, 0.1) is 29.8 Å². The van der Waals surface area contributed by atoms with Crippen molar-refractivity contribution in [1.82, 2.24) is 14.9 Å². The summed E-state index contributed by atoms with van der Waals surface area (Å²) in [4.78, 5) is 22.9. The van der Waals surface area contributed by atoms with E-state index in [1.807, 2.05) is 30.3 Å². The summed E-state index contributed by atoms with van der Waals surface area (Å²) in [5.41, 5.74) is 1.68. The van der Waals surface area contributed by atoms with Crippen molar-refractivity contribution in [3.63, 3.8) is 0 Å². The van der Waals surface area contributed by atoms with E-state index in [0.29, 0.717) is 36.6 Å². The molecule has 4 rings (SSSR count). The van der Waals surface area contributed by atoms with Gasteiger partial charge in [0, 0.05) is 23.5 Å². The molecule has 2 aromatic heterocycles. The highest BCUT2D eigenvalue weighted by molar-refractivity contribution is 8.01. The van der Waals surface area contributed by atoms with Crippen molar-refractivity contribution >= 4 is 17.7 Å². The largest absolute Gasteiger partial charge is 0.480 e. The molecule has 0 aliphatic rings. The summed E-state index contributed by atoms with van der Waals surface area (Å²) >= 11 is 1.27. The van der Waals surface area contributed by atoms with E-state index in [9.17, 15) is 23.1 Å². The number of rotatable bonds is 10. The molecule has 2 heterocycles. The zero-order valence-electron chi connectivity index (χ0n) is 20.8. The number of benzene rings is 2. The lowest BCUT2D eigenvalue weighted by atomic mass is 10.1. The van der Waals surface area contributed by atoms with Crippen LogP contribution in [0.2, 0.25) is 0 Å². The second kappa shape index (κ2) is 11.4. The van der Waals surface area contributed by atoms with Crippen LogP contribution in [-0.4, -0.2) is 30.7 Å². The number of alkyl halides is 3. The predicted octanol–water partition coefficient (Wildman–Crippen LogP) is 6.91. The summed E-state index contributed by atoms with van der Waals surface area (Å²) in [5.74, 6) is -0.127. The van der Waals surface area contributed by atoms with Crippen LogP contribution in [-0.2, 0) is 30.6 Å². The Labute approximate surface area is 222 Å². The first-order chi connectivity index (χ1) is 18.0. The molecule has 0 fully saturated rings. The van der Waals surface area contributed by atoms with E-state index >= 15 is 0 Å². The third-order valence-electron chi connectivity index (χ3n) is 5.77. The van der Waals surface area contributed by atoms with Crippen LogP contribution in [0, 0.1) is 0 Å². The maximum absolute atomic E-state index is 13.2. The summed E-state index contributed by atoms with van der Waals surface area (Å²) in [6.07, 6.45) is -1.49. The van der Waals surface area contributed by atoms with Gasteiger partial charge in [-0.25, -0.2) is 9.97 Å². The van der Waals surface area contributed by atoms with Gasteiger partial charge in [0.25, 0.3) is 0 Å². The van der Waals surface area contributed by atoms with E-state index < -0.39 is 22.5 Å². The second-order valence-corrected chi connectivity index (χ2v) is 11.0. The van der Waals surface area contributed by atoms with Crippen LogP contribution >= 0.6 is 11.8 Å². The number of carboxylic acid groups (broad SMARTS) is 1. The highest BCUT2D eigenvalue weighted by Crippen LogP contribution is 2.33. The van der Waals surface area contributed by atoms with Crippen molar-refractivity contribution < 1.29 is 27.5 Å². The Morgan fingerprint density at radius 1 is 0.974 bits per heavy atom. The Hall–Kier alpha value is -3.63. The van der Waals surface area contributed by atoms with Crippen LogP contribution in [0.25, 0.3) is 11.3 Å². The molecule has 2 aromatic carbocycles. The topological polar surface area (TPSA) is 79.5 Å². The van der Waals surface area contributed by atoms with E-state index in [1.165, 1.54) is 24.2 Å². The lowest BCUT2D eigenvalue weighted by Crippen LogP contribution is -2.26. The second-order valence-electron chi connectivity index (χ2n) is 9.26. The van der Waals surface area contributed by atoms with Crippen molar-refractivity contribution in [2.24, 2.45) is 0 Å². The van der Waals surface area contributed by atoms with E-state index in [4.69, 9.17) is 4.42 Å². The van der Waals surface area contributed by atoms with Gasteiger partial charge in [-0.3, -0.25) is 9.69 Å². The summed E-state index contributed by atoms with van der Waals surface area (Å²) < 4.78 is 44.2. The Balaban J connectivity index is 1.53. The summed E-state index contributed by atoms with van der Waals surface area (Å²) in [5, 5.41) is 9.38. The molecule has 6 nitrogen and oxygen atoms in total. The Morgan fingerprint density at radius 3 is 2.39 bits per heavy atom. The fourth-order valence-corrected chi connectivity index (χ4v) is 4.72. The number of aliphatic carboxylic acids is 1. The minimum absolute atomic E-state index is 0.360. The maximum atomic E-state index is 13.2. The summed E-state index contributed by atoms with van der Waals surface area (Å²) in [6, 6.07) is 18.1. The first-order valence-corrected chi connectivity index (χ1v) is 12.6. The molecule has 198 valence electrons. The fourth-order valence-electron chi connectivity index (χ4n) is 3.78. The number of furan rings is 1. The van der Waals surface area contributed by atoms with Gasteiger partial charge in [0.15, 0.2) is 0 Å². The number of aromatic nitrogens is 2. The molecule has 0 unspecified atom stereocenters. The molecule has 10 heteroatoms. The van der Waals surface area contributed by atoms with Crippen LogP contribution < -0.4 is 0 Å². The first kappa shape index (κ1) is 27.4. The monoisotopic (exact) mass is 541 g/mol. The third kappa shape index (κ3) is 7.23. The lowest BCUT2D eigenvalue weighted by Gasteiger charge is -2.22. The molecule has 0 saturated carbocycles. The van der Waals surface area contributed by atoms with Crippen LogP contribution in [0.5, 0.6) is 0 Å². The molecular formula is C28H26F3N3O3S. The molecule has 0 spiro atoms. The van der Waals surface area contributed by atoms with Gasteiger partial charge in [-0.1, -0.05) is 24.3 Å². The molecule has 0 atom stereocenters. The minimum Gasteiger partial charge on any atom is -0.480 e. The van der Waals surface area contributed by atoms with Crippen molar-refractivity contribution in [3.05, 3.63) is 102 Å². The van der Waals surface area contributed by atoms with E-state index in [0.717, 1.165) is 28.4 Å². The Morgan fingerprint density at radius 2 is 1.74 bits per heavy atom. The van der Waals surface area contributed by atoms with Crippen molar-refractivity contribution in [3.8, 4) is 11.3 Å². The predicted molar refractivity (Wildman–Crippen MR) is 138 cm³/mol. The van der Waals surface area contributed by atoms with Gasteiger partial charge < -0.3 is 9.52 Å². The van der Waals surface area contributed by atoms with Crippen molar-refractivity contribution in [1.29, 1.82) is 0 Å². The van der Waals surface area contributed by atoms with Crippen LogP contribution in [0.15, 0.2) is 88.6 Å². The number of hydrogen-bond donors (Lipinski definition) is 1. The molecule has 0 aliphatic carbocycles. The van der Waals surface area contributed by atoms with Gasteiger partial charge in [-0.15, -0.1) is 11.8 Å². The maximum Gasteiger partial charge on any atom is 0.416 e. The van der Waals surface area contributed by atoms with Crippen molar-refractivity contribution in [2.75, 3.05) is 0 Å². The average molecular weight is 542 g/mol. The molecule has 1 N–H and O–H groups in total. The summed E-state index contributed by atoms with van der Waals surface area (Å²) in [7, 11) is 0. The number of halogens is 3. The average Bonchev–Trinajstić information content (AvgIpc) is 3.38. The molecular weight excluding hydrogens is 515 g/mol. The molecule has 0 bridgehead atoms. The van der Waals surface area contributed by atoms with Crippen LogP contribution in [0.1, 0.15) is 36.4 Å². The molecule has 0 saturated heterocycles. The number of hydrogen-bond acceptors (Lipinski definition) is 6. The van der Waals surface area contributed by atoms with Gasteiger partial charge >= 0.3 is 12.1 Å². The number of thioether (sulfide) groups is 1. The minimum atomic E-state index is -4.44. The molecule has 4 aromatic rings. The molecule has 0 amide bonds. The number of carboxylic acids is 1. The quantitative estimate of drug-likeness (QED) is 0.219. The first-order valence-electron chi connectivity index (χ1n) is 11.7. The fraction of sp³-hybridized carbons (Fsp3) is 0.250. The molecule has 38 heavy (non-hydrogen) atoms. The SMILES string of the molecule is CC(C)(Sc1ccc(CN(Cc2cc(-c3cccc(C(F)(F)F)c3)ncn2)Cc2ccco2)cc1)C(=O)O. The van der Waals surface area contributed by atoms with E-state index in [2.05, 4.69) is 14.9 Å². The lowest BCUT2D eigenvalue weighted by molar-refractivity contribution is -0.139. The normalized spacial score (nSPS) is 12.2. The Kier molecular flexibility index (Phi) is 8.23. The van der Waals surface area contributed by atoms with Crippen LogP contribution in [0.4, 0.5) is 13.2 Å². The van der Waals surface area contributed by atoms with E-state index in [-0.39, 0.29) is 0 Å². The van der Waals surface area contributed by atoms with Crippen LogP contribution in [0.3, 0.4) is 0 Å². The standard InChI is InChI=1S/C28H26F3N3O3S/c1-27(2,26(35)36)38-24-10-8-19(9-11-24)15-34(17-23-7-4-12-37-23)16-22-14-25(33-18-32-22)20-5-3-6-21(13-20)28(29,30)31/h3-14,18H,15-17H2,1-2H3,(H,35,36). The van der Waals surface area contributed by atoms with Gasteiger partial charge in [0.1, 0.15) is 16.8 Å². The van der Waals surface area contributed by atoms with E-state index in [1.54, 1.807) is 38.3 Å². The van der Waals surface area contributed by atoms with Crippen molar-refractivity contribution in [2.45, 2.75) is 49.3 Å². The zero-order chi connectivity index (χ0) is 27.3. The highest BCUT2D eigenvalue weighted by atomic mass is 32.2.